The van der Waals surface area contributed by atoms with Gasteiger partial charge in [-0.2, -0.15) is 0 Å². The van der Waals surface area contributed by atoms with E-state index in [2.05, 4.69) is 4.99 Å². The van der Waals surface area contributed by atoms with Gasteiger partial charge in [-0.3, -0.25) is 19.5 Å². The van der Waals surface area contributed by atoms with E-state index in [0.29, 0.717) is 32.1 Å². The average Bonchev–Trinajstić information content (AvgIpc) is 3.65. The molecule has 4 heterocycles. The van der Waals surface area contributed by atoms with Crippen molar-refractivity contribution in [1.82, 2.24) is 4.57 Å². The largest absolute Gasteiger partial charge is 0.497 e. The van der Waals surface area contributed by atoms with Crippen molar-refractivity contribution in [1.29, 1.82) is 0 Å². The molecule has 0 radical (unpaired) electrons. The van der Waals surface area contributed by atoms with E-state index in [9.17, 15) is 19.7 Å². The zero-order chi connectivity index (χ0) is 27.0. The third-order valence-corrected chi connectivity index (χ3v) is 7.80. The van der Waals surface area contributed by atoms with Gasteiger partial charge in [0.25, 0.3) is 11.2 Å². The standard InChI is InChI=1S/C26H21N3O7S2/c1-4-35-25(31)22-14(2)27-26-28(23(22)20-6-5-11-37-20)24(30)21(38-26)13-16-8-10-19(36-16)17-9-7-15(34-3)12-18(17)29(32)33/h5-13,23H,4H2,1-3H3. The number of thiophene rings is 1. The van der Waals surface area contributed by atoms with Crippen LogP contribution in [0, 0.1) is 10.1 Å². The van der Waals surface area contributed by atoms with E-state index < -0.39 is 16.9 Å². The lowest BCUT2D eigenvalue weighted by Crippen LogP contribution is -2.39. The molecule has 1 unspecified atom stereocenters. The fourth-order valence-electron chi connectivity index (χ4n) is 4.21. The van der Waals surface area contributed by atoms with E-state index in [1.54, 1.807) is 44.2 Å². The van der Waals surface area contributed by atoms with Gasteiger partial charge in [0.15, 0.2) is 4.80 Å². The summed E-state index contributed by atoms with van der Waals surface area (Å²) in [6.45, 7) is 3.65. The molecule has 1 aliphatic heterocycles. The highest BCUT2D eigenvalue weighted by Crippen LogP contribution is 2.35. The highest BCUT2D eigenvalue weighted by Gasteiger charge is 2.34. The van der Waals surface area contributed by atoms with Gasteiger partial charge in [-0.1, -0.05) is 17.4 Å². The first-order chi connectivity index (χ1) is 18.3. The minimum Gasteiger partial charge on any atom is -0.497 e. The second-order valence-corrected chi connectivity index (χ2v) is 10.1. The Morgan fingerprint density at radius 1 is 1.29 bits per heavy atom. The quantitative estimate of drug-likeness (QED) is 0.193. The highest BCUT2D eigenvalue weighted by molar-refractivity contribution is 7.10. The average molecular weight is 552 g/mol. The number of fused-ring (bicyclic) bond motifs is 1. The smallest absolute Gasteiger partial charge is 0.338 e. The normalized spacial score (nSPS) is 15.2. The summed E-state index contributed by atoms with van der Waals surface area (Å²) in [5.74, 6) is 0.448. The maximum absolute atomic E-state index is 13.6. The van der Waals surface area contributed by atoms with Gasteiger partial charge in [-0.05, 0) is 49.6 Å². The van der Waals surface area contributed by atoms with Gasteiger partial charge in [0.1, 0.15) is 23.3 Å². The number of hydrogen-bond acceptors (Lipinski definition) is 10. The molecule has 0 N–H and O–H groups in total. The van der Waals surface area contributed by atoms with Crippen LogP contribution in [0.1, 0.15) is 30.5 Å². The first kappa shape index (κ1) is 25.4. The van der Waals surface area contributed by atoms with Crippen molar-refractivity contribution in [2.45, 2.75) is 19.9 Å². The van der Waals surface area contributed by atoms with Crippen molar-refractivity contribution >= 4 is 40.4 Å². The first-order valence-corrected chi connectivity index (χ1v) is 13.2. The van der Waals surface area contributed by atoms with Gasteiger partial charge >= 0.3 is 5.97 Å². The molecule has 10 nitrogen and oxygen atoms in total. The molecule has 1 aromatic carbocycles. The number of ether oxygens (including phenoxy) is 2. The Labute approximate surface area is 223 Å². The molecular weight excluding hydrogens is 530 g/mol. The monoisotopic (exact) mass is 551 g/mol. The van der Waals surface area contributed by atoms with Crippen molar-refractivity contribution in [2.75, 3.05) is 13.7 Å². The predicted molar refractivity (Wildman–Crippen MR) is 142 cm³/mol. The summed E-state index contributed by atoms with van der Waals surface area (Å²) in [5.41, 5.74) is 0.587. The second kappa shape index (κ2) is 10.2. The van der Waals surface area contributed by atoms with Crippen LogP contribution >= 0.6 is 22.7 Å². The van der Waals surface area contributed by atoms with Gasteiger partial charge in [0.2, 0.25) is 0 Å². The highest BCUT2D eigenvalue weighted by atomic mass is 32.1. The Morgan fingerprint density at radius 3 is 2.79 bits per heavy atom. The van der Waals surface area contributed by atoms with E-state index in [1.165, 1.54) is 40.4 Å². The Kier molecular flexibility index (Phi) is 6.83. The van der Waals surface area contributed by atoms with E-state index in [4.69, 9.17) is 13.9 Å². The summed E-state index contributed by atoms with van der Waals surface area (Å²) in [4.78, 5) is 43.4. The number of carbonyl (C=O) groups excluding carboxylic acids is 1. The molecule has 0 amide bonds. The van der Waals surface area contributed by atoms with Crippen LogP contribution in [0.4, 0.5) is 5.69 Å². The lowest BCUT2D eigenvalue weighted by Gasteiger charge is -2.23. The second-order valence-electron chi connectivity index (χ2n) is 8.16. The lowest BCUT2D eigenvalue weighted by molar-refractivity contribution is -0.384. The number of carbonyl (C=O) groups is 1. The van der Waals surface area contributed by atoms with Crippen LogP contribution in [0.15, 0.2) is 73.3 Å². The molecule has 194 valence electrons. The summed E-state index contributed by atoms with van der Waals surface area (Å²) in [5, 5.41) is 13.5. The Balaban J connectivity index is 1.60. The van der Waals surface area contributed by atoms with E-state index >= 15 is 0 Å². The van der Waals surface area contributed by atoms with Crippen LogP contribution in [-0.2, 0) is 9.53 Å². The van der Waals surface area contributed by atoms with Gasteiger partial charge in [-0.25, -0.2) is 9.79 Å². The third kappa shape index (κ3) is 4.48. The van der Waals surface area contributed by atoms with Gasteiger partial charge < -0.3 is 13.9 Å². The molecule has 3 aromatic heterocycles. The molecule has 0 fully saturated rings. The fourth-order valence-corrected chi connectivity index (χ4v) is 6.06. The van der Waals surface area contributed by atoms with Crippen molar-refractivity contribution in [2.24, 2.45) is 4.99 Å². The molecule has 0 aliphatic carbocycles. The van der Waals surface area contributed by atoms with Crippen LogP contribution in [0.3, 0.4) is 0 Å². The van der Waals surface area contributed by atoms with Crippen LogP contribution in [0.25, 0.3) is 17.4 Å². The molecule has 1 aliphatic rings. The zero-order valence-electron chi connectivity index (χ0n) is 20.5. The molecule has 0 saturated carbocycles. The number of aromatic nitrogens is 1. The van der Waals surface area contributed by atoms with Crippen molar-refractivity contribution < 1.29 is 23.6 Å². The number of hydrogen-bond donors (Lipinski definition) is 0. The van der Waals surface area contributed by atoms with Gasteiger partial charge in [-0.15, -0.1) is 11.3 Å². The van der Waals surface area contributed by atoms with Gasteiger partial charge in [0.05, 0.1) is 46.1 Å². The Hall–Kier alpha value is -4.29. The number of furan rings is 1. The number of thiazole rings is 1. The van der Waals surface area contributed by atoms with Crippen LogP contribution in [0.2, 0.25) is 0 Å². The van der Waals surface area contributed by atoms with Crippen LogP contribution in [0.5, 0.6) is 5.75 Å². The number of methoxy groups -OCH3 is 1. The zero-order valence-corrected chi connectivity index (χ0v) is 22.1. The number of nitro benzene ring substituents is 1. The molecular formula is C26H21N3O7S2. The minimum atomic E-state index is -0.665. The van der Waals surface area contributed by atoms with E-state index in [1.807, 2.05) is 17.5 Å². The molecule has 5 rings (SSSR count). The fraction of sp³-hybridized carbons (Fsp3) is 0.192. The molecule has 0 bridgehead atoms. The topological polar surface area (TPSA) is 126 Å². The molecule has 0 saturated heterocycles. The minimum absolute atomic E-state index is 0.164. The summed E-state index contributed by atoms with van der Waals surface area (Å²) >= 11 is 2.60. The van der Waals surface area contributed by atoms with Crippen molar-refractivity contribution in [3.63, 3.8) is 0 Å². The Bertz CT molecular complexity index is 1760. The number of allylic oxidation sites excluding steroid dienone is 1. The molecule has 4 aromatic rings. The number of benzene rings is 1. The van der Waals surface area contributed by atoms with E-state index in [-0.39, 0.29) is 29.2 Å². The van der Waals surface area contributed by atoms with Crippen LogP contribution in [-0.4, -0.2) is 29.2 Å². The van der Waals surface area contributed by atoms with Gasteiger partial charge in [0, 0.05) is 11.0 Å². The summed E-state index contributed by atoms with van der Waals surface area (Å²) in [6, 6.07) is 10.8. The van der Waals surface area contributed by atoms with Crippen molar-refractivity contribution in [3.05, 3.63) is 99.6 Å². The predicted octanol–water partition coefficient (Wildman–Crippen LogP) is 4.04. The Morgan fingerprint density at radius 2 is 2.11 bits per heavy atom. The maximum Gasteiger partial charge on any atom is 0.338 e. The summed E-state index contributed by atoms with van der Waals surface area (Å²) < 4.78 is 18.1. The summed E-state index contributed by atoms with van der Waals surface area (Å²) in [6.07, 6.45) is 1.57. The molecule has 0 spiro atoms. The maximum atomic E-state index is 13.6. The third-order valence-electron chi connectivity index (χ3n) is 5.90. The van der Waals surface area contributed by atoms with E-state index in [0.717, 1.165) is 4.88 Å². The molecule has 1 atom stereocenters. The number of nitro groups is 1. The lowest BCUT2D eigenvalue weighted by atomic mass is 10.0. The first-order valence-electron chi connectivity index (χ1n) is 11.5. The SMILES string of the molecule is CCOC(=O)C1=C(C)N=c2sc(=Cc3ccc(-c4ccc(OC)cc4[N+](=O)[O-])o3)c(=O)n2C1c1cccs1. The molecule has 12 heteroatoms. The summed E-state index contributed by atoms with van der Waals surface area (Å²) in [7, 11) is 1.43. The van der Waals surface area contributed by atoms with Crippen molar-refractivity contribution in [3.8, 4) is 17.1 Å². The van der Waals surface area contributed by atoms with Crippen LogP contribution < -0.4 is 19.6 Å². The number of esters is 1. The number of nitrogens with zero attached hydrogens (tertiary/aromatic N) is 3. The molecule has 38 heavy (non-hydrogen) atoms. The number of rotatable bonds is 7.